The van der Waals surface area contributed by atoms with Crippen LogP contribution in [0.4, 0.5) is 0 Å². The van der Waals surface area contributed by atoms with Gasteiger partial charge >= 0.3 is 0 Å². The molecule has 2 rings (SSSR count). The lowest BCUT2D eigenvalue weighted by Crippen LogP contribution is -2.20. The van der Waals surface area contributed by atoms with Gasteiger partial charge in [-0.2, -0.15) is 0 Å². The van der Waals surface area contributed by atoms with Gasteiger partial charge in [0.05, 0.1) is 16.7 Å². The first-order valence-corrected chi connectivity index (χ1v) is 7.36. The third-order valence-corrected chi connectivity index (χ3v) is 4.45. The molecular weight excluding hydrogens is 368 g/mol. The predicted octanol–water partition coefficient (Wildman–Crippen LogP) is 3.49. The van der Waals surface area contributed by atoms with Gasteiger partial charge in [0, 0.05) is 15.5 Å². The van der Waals surface area contributed by atoms with E-state index in [4.69, 9.17) is 0 Å². The molecule has 17 heavy (non-hydrogen) atoms. The number of aromatic nitrogens is 2. The molecule has 2 heterocycles. The molecule has 0 aliphatic heterocycles. The van der Waals surface area contributed by atoms with E-state index in [2.05, 4.69) is 36.8 Å². The van der Waals surface area contributed by atoms with Crippen LogP contribution < -0.4 is 5.56 Å². The van der Waals surface area contributed by atoms with E-state index in [1.807, 2.05) is 13.8 Å². The van der Waals surface area contributed by atoms with Crippen LogP contribution >= 0.6 is 43.2 Å². The van der Waals surface area contributed by atoms with Crippen molar-refractivity contribution in [2.24, 2.45) is 0 Å². The Labute approximate surface area is 120 Å². The van der Waals surface area contributed by atoms with E-state index >= 15 is 0 Å². The van der Waals surface area contributed by atoms with Crippen LogP contribution in [-0.4, -0.2) is 9.55 Å². The summed E-state index contributed by atoms with van der Waals surface area (Å²) < 4.78 is 3.07. The minimum Gasteiger partial charge on any atom is -0.307 e. The summed E-state index contributed by atoms with van der Waals surface area (Å²) in [6, 6.07) is 1.75. The van der Waals surface area contributed by atoms with Gasteiger partial charge in [-0.1, -0.05) is 0 Å². The Hall–Kier alpha value is -0.460. The molecule has 2 aromatic heterocycles. The predicted molar refractivity (Wildman–Crippen MR) is 76.8 cm³/mol. The first-order chi connectivity index (χ1) is 7.97. The highest BCUT2D eigenvalue weighted by Gasteiger charge is 2.08. The molecule has 0 saturated heterocycles. The van der Waals surface area contributed by atoms with Gasteiger partial charge in [0.25, 0.3) is 5.56 Å². The van der Waals surface area contributed by atoms with E-state index < -0.39 is 0 Å². The molecule has 0 atom stereocenters. The number of hydrogen-bond donors (Lipinski definition) is 0. The Morgan fingerprint density at radius 1 is 1.41 bits per heavy atom. The molecule has 0 radical (unpaired) electrons. The maximum atomic E-state index is 11.9. The number of rotatable bonds is 2. The maximum Gasteiger partial charge on any atom is 0.265 e. The summed E-state index contributed by atoms with van der Waals surface area (Å²) in [4.78, 5) is 17.5. The van der Waals surface area contributed by atoms with E-state index in [9.17, 15) is 4.79 Å². The fourth-order valence-electron chi connectivity index (χ4n) is 1.43. The molecule has 0 saturated carbocycles. The van der Waals surface area contributed by atoms with Gasteiger partial charge in [0.15, 0.2) is 0 Å². The van der Waals surface area contributed by atoms with Gasteiger partial charge in [-0.25, -0.2) is 4.98 Å². The number of hydrogen-bond acceptors (Lipinski definition) is 3. The Balaban J connectivity index is 2.39. The number of aryl methyl sites for hydroxylation is 2. The zero-order valence-electron chi connectivity index (χ0n) is 9.33. The van der Waals surface area contributed by atoms with E-state index in [1.165, 1.54) is 4.88 Å². The van der Waals surface area contributed by atoms with Crippen molar-refractivity contribution in [1.82, 2.24) is 9.55 Å². The van der Waals surface area contributed by atoms with Crippen molar-refractivity contribution >= 4 is 43.2 Å². The molecule has 2 aromatic rings. The zero-order chi connectivity index (χ0) is 12.6. The zero-order valence-corrected chi connectivity index (χ0v) is 13.3. The highest BCUT2D eigenvalue weighted by molar-refractivity contribution is 9.11. The summed E-state index contributed by atoms with van der Waals surface area (Å²) in [6.45, 7) is 4.53. The molecule has 0 spiro atoms. The monoisotopic (exact) mass is 376 g/mol. The molecular formula is C11H10Br2N2OS. The first-order valence-electron chi connectivity index (χ1n) is 4.96. The van der Waals surface area contributed by atoms with Crippen LogP contribution in [0.25, 0.3) is 0 Å². The molecule has 0 bridgehead atoms. The normalized spacial score (nSPS) is 10.8. The molecule has 0 fully saturated rings. The largest absolute Gasteiger partial charge is 0.307 e. The van der Waals surface area contributed by atoms with Crippen molar-refractivity contribution < 1.29 is 0 Å². The van der Waals surface area contributed by atoms with Gasteiger partial charge < -0.3 is 4.57 Å². The minimum atomic E-state index is -0.0429. The molecule has 3 nitrogen and oxygen atoms in total. The lowest BCUT2D eigenvalue weighted by Gasteiger charge is -2.04. The summed E-state index contributed by atoms with van der Waals surface area (Å²) in [5.41, 5.74) is 0.991. The number of nitrogens with zero attached hydrogens (tertiary/aromatic N) is 2. The van der Waals surface area contributed by atoms with Crippen LogP contribution in [0, 0.1) is 13.8 Å². The molecule has 0 unspecified atom stereocenters. The minimum absolute atomic E-state index is 0.0429. The van der Waals surface area contributed by atoms with Gasteiger partial charge in [-0.3, -0.25) is 4.79 Å². The smallest absolute Gasteiger partial charge is 0.265 e. The van der Waals surface area contributed by atoms with Crippen LogP contribution in [0.15, 0.2) is 26.0 Å². The fraction of sp³-hybridized carbons (Fsp3) is 0.273. The average Bonchev–Trinajstić information content (AvgIpc) is 2.54. The van der Waals surface area contributed by atoms with Gasteiger partial charge in [-0.05, 0) is 51.8 Å². The lowest BCUT2D eigenvalue weighted by molar-refractivity contribution is 0.745. The molecule has 0 aliphatic rings. The second-order valence-electron chi connectivity index (χ2n) is 3.69. The number of pyridine rings is 1. The Kier molecular flexibility index (Phi) is 3.85. The van der Waals surface area contributed by atoms with E-state index in [0.29, 0.717) is 11.0 Å². The quantitative estimate of drug-likeness (QED) is 0.802. The van der Waals surface area contributed by atoms with Crippen molar-refractivity contribution in [3.05, 3.63) is 47.1 Å². The van der Waals surface area contributed by atoms with Crippen LogP contribution in [0.1, 0.15) is 15.6 Å². The highest BCUT2D eigenvalue weighted by Crippen LogP contribution is 2.18. The summed E-state index contributed by atoms with van der Waals surface area (Å²) in [7, 11) is 0. The number of thiazole rings is 1. The molecule has 6 heteroatoms. The van der Waals surface area contributed by atoms with Crippen LogP contribution in [0.5, 0.6) is 0 Å². The molecule has 0 aliphatic carbocycles. The Morgan fingerprint density at radius 3 is 2.71 bits per heavy atom. The van der Waals surface area contributed by atoms with Crippen molar-refractivity contribution in [1.29, 1.82) is 0 Å². The SMILES string of the molecule is Cc1nc(Cn2cc(Br)cc(Br)c2=O)sc1C. The molecule has 0 aromatic carbocycles. The Bertz CT molecular complexity index is 599. The number of halogens is 2. The van der Waals surface area contributed by atoms with Crippen LogP contribution in [0.2, 0.25) is 0 Å². The second kappa shape index (κ2) is 5.04. The average molecular weight is 378 g/mol. The summed E-state index contributed by atoms with van der Waals surface area (Å²) in [5.74, 6) is 0. The van der Waals surface area contributed by atoms with E-state index in [0.717, 1.165) is 15.2 Å². The van der Waals surface area contributed by atoms with Crippen molar-refractivity contribution in [3.63, 3.8) is 0 Å². The fourth-order valence-corrected chi connectivity index (χ4v) is 3.63. The van der Waals surface area contributed by atoms with Crippen LogP contribution in [0.3, 0.4) is 0 Å². The first kappa shape index (κ1) is 13.0. The summed E-state index contributed by atoms with van der Waals surface area (Å²) in [5, 5.41) is 0.951. The highest BCUT2D eigenvalue weighted by atomic mass is 79.9. The van der Waals surface area contributed by atoms with Gasteiger partial charge in [-0.15, -0.1) is 11.3 Å². The van der Waals surface area contributed by atoms with Crippen molar-refractivity contribution in [2.75, 3.05) is 0 Å². The van der Waals surface area contributed by atoms with Crippen LogP contribution in [-0.2, 0) is 6.54 Å². The summed E-state index contributed by atoms with van der Waals surface area (Å²) >= 11 is 8.25. The summed E-state index contributed by atoms with van der Waals surface area (Å²) in [6.07, 6.45) is 1.78. The maximum absolute atomic E-state index is 11.9. The van der Waals surface area contributed by atoms with Crippen molar-refractivity contribution in [3.8, 4) is 0 Å². The molecule has 0 amide bonds. The second-order valence-corrected chi connectivity index (χ2v) is 6.75. The van der Waals surface area contributed by atoms with Crippen molar-refractivity contribution in [2.45, 2.75) is 20.4 Å². The molecule has 0 N–H and O–H groups in total. The topological polar surface area (TPSA) is 34.9 Å². The van der Waals surface area contributed by atoms with Gasteiger partial charge in [0.1, 0.15) is 5.01 Å². The third kappa shape index (κ3) is 2.86. The Morgan fingerprint density at radius 2 is 2.12 bits per heavy atom. The van der Waals surface area contributed by atoms with Gasteiger partial charge in [0.2, 0.25) is 0 Å². The standard InChI is InChI=1S/C11H10Br2N2OS/c1-6-7(2)17-10(14-6)5-15-4-8(12)3-9(13)11(15)16/h3-4H,5H2,1-2H3. The third-order valence-electron chi connectivity index (χ3n) is 2.39. The van der Waals surface area contributed by atoms with E-state index in [-0.39, 0.29) is 5.56 Å². The lowest BCUT2D eigenvalue weighted by atomic mass is 10.4. The van der Waals surface area contributed by atoms with E-state index in [1.54, 1.807) is 28.2 Å². The molecule has 90 valence electrons.